The number of hydrogen-bond donors (Lipinski definition) is 0. The van der Waals surface area contributed by atoms with Crippen LogP contribution in [-0.4, -0.2) is 63.4 Å². The van der Waals surface area contributed by atoms with E-state index in [1.165, 1.54) is 13.3 Å². The molecule has 0 saturated carbocycles. The molecule has 0 aliphatic carbocycles. The van der Waals surface area contributed by atoms with Gasteiger partial charge in [-0.25, -0.2) is 0 Å². The average molecular weight is 282 g/mol. The van der Waals surface area contributed by atoms with E-state index in [0.29, 0.717) is 12.3 Å². The molecule has 2 atom stereocenters. The van der Waals surface area contributed by atoms with Crippen LogP contribution in [0.3, 0.4) is 0 Å². The molecule has 0 heterocycles. The monoisotopic (exact) mass is 282 g/mol. The van der Waals surface area contributed by atoms with Crippen molar-refractivity contribution in [3.8, 4) is 0 Å². The van der Waals surface area contributed by atoms with E-state index in [-0.39, 0.29) is 37.7 Å². The Balaban J connectivity index is -0.000000180. The van der Waals surface area contributed by atoms with Gasteiger partial charge in [0.25, 0.3) is 0 Å². The Kier molecular flexibility index (Phi) is 15.7. The molecule has 0 aliphatic heterocycles. The zero-order valence-corrected chi connectivity index (χ0v) is 14.1. The summed E-state index contributed by atoms with van der Waals surface area (Å²) in [5.74, 6) is 0. The first-order valence-electron chi connectivity index (χ1n) is 4.67. The normalized spacial score (nSPS) is 17.5. The van der Waals surface area contributed by atoms with Crippen molar-refractivity contribution in [1.29, 1.82) is 0 Å². The average Bonchev–Trinajstić information content (AvgIpc) is 1.81. The van der Waals surface area contributed by atoms with Crippen molar-refractivity contribution in [2.24, 2.45) is 0 Å². The minimum Gasteiger partial charge on any atom is -0.799 e. The summed E-state index contributed by atoms with van der Waals surface area (Å²) in [5, 5.41) is 0. The smallest absolute Gasteiger partial charge is 0.799 e. The predicted octanol–water partition coefficient (Wildman–Crippen LogP) is 0.948. The molecule has 7 heteroatoms. The maximum absolute atomic E-state index is 10.3. The summed E-state index contributed by atoms with van der Waals surface area (Å²) in [7, 11) is -5.83. The Labute approximate surface area is 123 Å². The molecule has 2 unspecified atom stereocenters. The third kappa shape index (κ3) is 31.3. The molecule has 0 spiro atoms. The maximum Gasteiger partial charge on any atom is 2.00 e. The largest absolute Gasteiger partial charge is 2.00 e. The van der Waals surface area contributed by atoms with Gasteiger partial charge >= 0.3 is 37.7 Å². The molecule has 0 bridgehead atoms. The van der Waals surface area contributed by atoms with Gasteiger partial charge in [0.1, 0.15) is 0 Å². The van der Waals surface area contributed by atoms with Gasteiger partial charge in [0.2, 0.25) is 0 Å². The van der Waals surface area contributed by atoms with Gasteiger partial charge in [0.15, 0.2) is 0 Å². The first kappa shape index (κ1) is 21.9. The molecule has 0 fully saturated rings. The first-order valence-corrected chi connectivity index (χ1v) is 9.19. The van der Waals surface area contributed by atoms with Crippen LogP contribution in [0.4, 0.5) is 0 Å². The minimum atomic E-state index is -2.92. The van der Waals surface area contributed by atoms with Gasteiger partial charge in [-0.1, -0.05) is 26.7 Å². The van der Waals surface area contributed by atoms with E-state index in [1.807, 2.05) is 13.8 Å². The molecule has 88 valence electrons. The van der Waals surface area contributed by atoms with Gasteiger partial charge < -0.3 is 18.9 Å². The fourth-order valence-electron chi connectivity index (χ4n) is 0.812. The Bertz CT molecular complexity index is 197. The van der Waals surface area contributed by atoms with Crippen LogP contribution < -0.4 is 9.79 Å². The van der Waals surface area contributed by atoms with E-state index in [2.05, 4.69) is 0 Å². The van der Waals surface area contributed by atoms with E-state index in [9.17, 15) is 18.9 Å². The number of hydrogen-bond acceptors (Lipinski definition) is 4. The molecule has 0 aliphatic rings. The van der Waals surface area contributed by atoms with E-state index in [1.54, 1.807) is 0 Å². The second kappa shape index (κ2) is 10.8. The van der Waals surface area contributed by atoms with E-state index in [4.69, 9.17) is 0 Å². The standard InChI is InChI=1S/2C4H11O2P.Ca/c2*1-3-4-7(2,5)6;/h2*3-4H2,1-2H3,(H,5,6);/q;;+2/p-2. The van der Waals surface area contributed by atoms with Gasteiger partial charge in [-0.15, -0.1) is 0 Å². The van der Waals surface area contributed by atoms with Gasteiger partial charge in [-0.3, -0.25) is 0 Å². The van der Waals surface area contributed by atoms with Crippen molar-refractivity contribution in [3.05, 3.63) is 0 Å². The van der Waals surface area contributed by atoms with Gasteiger partial charge in [0.05, 0.1) is 0 Å². The molecule has 0 amide bonds. The maximum atomic E-state index is 10.3. The topological polar surface area (TPSA) is 80.3 Å². The van der Waals surface area contributed by atoms with Crippen LogP contribution in [0.5, 0.6) is 0 Å². The van der Waals surface area contributed by atoms with Crippen LogP contribution in [0.2, 0.25) is 0 Å². The van der Waals surface area contributed by atoms with E-state index >= 15 is 0 Å². The molecule has 0 aromatic heterocycles. The third-order valence-corrected chi connectivity index (χ3v) is 3.78. The molecule has 0 N–H and O–H groups in total. The molecule has 15 heavy (non-hydrogen) atoms. The second-order valence-electron chi connectivity index (χ2n) is 3.48. The van der Waals surface area contributed by atoms with Crippen molar-refractivity contribution in [1.82, 2.24) is 0 Å². The SMILES string of the molecule is CCCP(C)(=O)[O-].CCCP(C)(=O)[O-].[Ca+2]. The van der Waals surface area contributed by atoms with Crippen LogP contribution in [0.15, 0.2) is 0 Å². The van der Waals surface area contributed by atoms with Crippen molar-refractivity contribution < 1.29 is 18.9 Å². The molecular formula is C8H20CaO4P2. The molecule has 0 aromatic rings. The van der Waals surface area contributed by atoms with Gasteiger partial charge in [-0.05, 0) is 25.7 Å². The zero-order valence-electron chi connectivity index (χ0n) is 10.1. The summed E-state index contributed by atoms with van der Waals surface area (Å²) in [6, 6.07) is 0. The Hall–Kier alpha value is 1.64. The Morgan fingerprint density at radius 1 is 0.867 bits per heavy atom. The summed E-state index contributed by atoms with van der Waals surface area (Å²) in [6.45, 7) is 6.26. The predicted molar refractivity (Wildman–Crippen MR) is 63.1 cm³/mol. The minimum absolute atomic E-state index is 0. The molecule has 0 radical (unpaired) electrons. The van der Waals surface area contributed by atoms with Crippen LogP contribution in [0.1, 0.15) is 26.7 Å². The van der Waals surface area contributed by atoms with Gasteiger partial charge in [0, 0.05) is 14.7 Å². The summed E-state index contributed by atoms with van der Waals surface area (Å²) < 4.78 is 20.5. The molecule has 0 rings (SSSR count). The zero-order chi connectivity index (χ0) is 11.8. The summed E-state index contributed by atoms with van der Waals surface area (Å²) in [4.78, 5) is 20.5. The first-order chi connectivity index (χ1) is 6.12. The quantitative estimate of drug-likeness (QED) is 0.568. The molecule has 0 saturated heterocycles. The number of rotatable bonds is 4. The fraction of sp³-hybridized carbons (Fsp3) is 1.00. The Morgan fingerprint density at radius 3 is 1.07 bits per heavy atom. The fourth-order valence-corrected chi connectivity index (χ4v) is 2.44. The van der Waals surface area contributed by atoms with Crippen LogP contribution in [-0.2, 0) is 9.13 Å². The summed E-state index contributed by atoms with van der Waals surface area (Å²) in [5.41, 5.74) is 0. The van der Waals surface area contributed by atoms with Crippen molar-refractivity contribution >= 4 is 52.5 Å². The van der Waals surface area contributed by atoms with Crippen molar-refractivity contribution in [3.63, 3.8) is 0 Å². The van der Waals surface area contributed by atoms with Crippen LogP contribution in [0.25, 0.3) is 0 Å². The van der Waals surface area contributed by atoms with Crippen molar-refractivity contribution in [2.75, 3.05) is 25.7 Å². The summed E-state index contributed by atoms with van der Waals surface area (Å²) in [6.07, 6.45) is 2.15. The Morgan fingerprint density at radius 2 is 1.07 bits per heavy atom. The third-order valence-electron chi connectivity index (χ3n) is 1.26. The van der Waals surface area contributed by atoms with E-state index < -0.39 is 14.7 Å². The van der Waals surface area contributed by atoms with Crippen molar-refractivity contribution in [2.45, 2.75) is 26.7 Å². The molecule has 0 aromatic carbocycles. The van der Waals surface area contributed by atoms with Gasteiger partial charge in [-0.2, -0.15) is 0 Å². The second-order valence-corrected chi connectivity index (χ2v) is 8.43. The summed E-state index contributed by atoms with van der Waals surface area (Å²) >= 11 is 0. The molecular weight excluding hydrogens is 262 g/mol. The van der Waals surface area contributed by atoms with Crippen LogP contribution in [0, 0.1) is 0 Å². The van der Waals surface area contributed by atoms with E-state index in [0.717, 1.165) is 12.8 Å². The molecule has 4 nitrogen and oxygen atoms in total. The van der Waals surface area contributed by atoms with Crippen LogP contribution >= 0.6 is 14.7 Å².